The molecule has 2 N–H and O–H groups in total. The number of carboxylic acid groups (broad SMARTS) is 1. The summed E-state index contributed by atoms with van der Waals surface area (Å²) in [5.74, 6) is -0.0184. The molecule has 0 spiro atoms. The van der Waals surface area contributed by atoms with E-state index in [0.717, 1.165) is 11.3 Å². The Labute approximate surface area is 170 Å². The van der Waals surface area contributed by atoms with Crippen molar-refractivity contribution in [3.63, 3.8) is 0 Å². The topological polar surface area (TPSA) is 124 Å². The van der Waals surface area contributed by atoms with Gasteiger partial charge in [0.25, 0.3) is 5.91 Å². The molecule has 0 fully saturated rings. The maximum absolute atomic E-state index is 12.6. The molecule has 0 atom stereocenters. The highest BCUT2D eigenvalue weighted by molar-refractivity contribution is 7.17. The highest BCUT2D eigenvalue weighted by Crippen LogP contribution is 2.26. The Morgan fingerprint density at radius 1 is 1.24 bits per heavy atom. The first-order chi connectivity index (χ1) is 13.8. The zero-order chi connectivity index (χ0) is 21.0. The minimum absolute atomic E-state index is 0.0316. The molecule has 0 aliphatic heterocycles. The van der Waals surface area contributed by atoms with E-state index in [4.69, 9.17) is 19.1 Å². The molecular weight excluding hydrogens is 398 g/mol. The Morgan fingerprint density at radius 3 is 2.62 bits per heavy atom. The third kappa shape index (κ3) is 5.55. The standard InChI is InChI=1S/C19H19N3O6S/c1-10(2)27-15-6-12(17(23)21-19-20-8-16(29-19)18(24)25)5-14(7-15)26-9-13-4-11(3)28-22-13/h4-8,10H,9H2,1-3H3,(H,24,25)(H,20,21,23). The number of anilines is 1. The van der Waals surface area contributed by atoms with E-state index >= 15 is 0 Å². The van der Waals surface area contributed by atoms with Crippen LogP contribution in [0.1, 0.15) is 45.3 Å². The van der Waals surface area contributed by atoms with Crippen LogP contribution in [-0.2, 0) is 6.61 Å². The molecule has 29 heavy (non-hydrogen) atoms. The van der Waals surface area contributed by atoms with E-state index in [1.54, 1.807) is 31.2 Å². The minimum Gasteiger partial charge on any atom is -0.491 e. The molecule has 10 heteroatoms. The zero-order valence-corrected chi connectivity index (χ0v) is 16.8. The number of aryl methyl sites for hydroxylation is 1. The van der Waals surface area contributed by atoms with Gasteiger partial charge in [0.05, 0.1) is 12.3 Å². The molecule has 0 unspecified atom stereocenters. The molecule has 0 saturated carbocycles. The van der Waals surface area contributed by atoms with Crippen LogP contribution in [0.3, 0.4) is 0 Å². The smallest absolute Gasteiger partial charge is 0.347 e. The lowest BCUT2D eigenvalue weighted by molar-refractivity contribution is 0.0701. The van der Waals surface area contributed by atoms with Crippen molar-refractivity contribution in [1.82, 2.24) is 10.1 Å². The van der Waals surface area contributed by atoms with Gasteiger partial charge >= 0.3 is 5.97 Å². The normalized spacial score (nSPS) is 10.8. The fourth-order valence-electron chi connectivity index (χ4n) is 2.37. The maximum Gasteiger partial charge on any atom is 0.347 e. The molecule has 0 aliphatic rings. The Balaban J connectivity index is 1.79. The van der Waals surface area contributed by atoms with Crippen LogP contribution in [0.4, 0.5) is 5.13 Å². The van der Waals surface area contributed by atoms with E-state index in [9.17, 15) is 9.59 Å². The Kier molecular flexibility index (Phi) is 6.13. The van der Waals surface area contributed by atoms with E-state index in [0.29, 0.717) is 23.0 Å². The van der Waals surface area contributed by atoms with Crippen molar-refractivity contribution < 1.29 is 28.7 Å². The number of aromatic nitrogens is 2. The Bertz CT molecular complexity index is 1030. The summed E-state index contributed by atoms with van der Waals surface area (Å²) in [4.78, 5) is 27.5. The van der Waals surface area contributed by atoms with Crippen molar-refractivity contribution in [2.75, 3.05) is 5.32 Å². The van der Waals surface area contributed by atoms with E-state index in [-0.39, 0.29) is 28.3 Å². The van der Waals surface area contributed by atoms with Gasteiger partial charge in [-0.2, -0.15) is 0 Å². The second-order valence-electron chi connectivity index (χ2n) is 6.37. The lowest BCUT2D eigenvalue weighted by Gasteiger charge is -2.13. The minimum atomic E-state index is -1.10. The number of hydrogen-bond donors (Lipinski definition) is 2. The van der Waals surface area contributed by atoms with E-state index in [1.807, 2.05) is 13.8 Å². The first kappa shape index (κ1) is 20.3. The second kappa shape index (κ2) is 8.74. The van der Waals surface area contributed by atoms with Crippen molar-refractivity contribution in [3.05, 3.63) is 52.4 Å². The molecule has 0 aliphatic carbocycles. The molecule has 0 saturated heterocycles. The van der Waals surface area contributed by atoms with Gasteiger partial charge in [0.2, 0.25) is 0 Å². The third-order valence-electron chi connectivity index (χ3n) is 3.51. The van der Waals surface area contributed by atoms with Gasteiger partial charge in [0.1, 0.15) is 34.4 Å². The summed E-state index contributed by atoms with van der Waals surface area (Å²) in [7, 11) is 0. The first-order valence-corrected chi connectivity index (χ1v) is 9.49. The lowest BCUT2D eigenvalue weighted by Crippen LogP contribution is -2.13. The molecule has 152 valence electrons. The van der Waals surface area contributed by atoms with Crippen LogP contribution in [0.25, 0.3) is 0 Å². The number of ether oxygens (including phenoxy) is 2. The number of carboxylic acids is 1. The number of benzene rings is 1. The first-order valence-electron chi connectivity index (χ1n) is 8.67. The Hall–Kier alpha value is -3.40. The maximum atomic E-state index is 12.6. The number of nitrogens with one attached hydrogen (secondary N) is 1. The number of carbonyl (C=O) groups is 2. The van der Waals surface area contributed by atoms with Crippen LogP contribution in [0.2, 0.25) is 0 Å². The molecule has 0 radical (unpaired) electrons. The highest BCUT2D eigenvalue weighted by atomic mass is 32.1. The van der Waals surface area contributed by atoms with Crippen LogP contribution in [0.5, 0.6) is 11.5 Å². The predicted molar refractivity (Wildman–Crippen MR) is 105 cm³/mol. The van der Waals surface area contributed by atoms with Gasteiger partial charge in [-0.05, 0) is 32.9 Å². The monoisotopic (exact) mass is 417 g/mol. The fourth-order valence-corrected chi connectivity index (χ4v) is 3.02. The van der Waals surface area contributed by atoms with Gasteiger partial charge in [-0.3, -0.25) is 10.1 Å². The number of hydrogen-bond acceptors (Lipinski definition) is 8. The average molecular weight is 417 g/mol. The Morgan fingerprint density at radius 2 is 2.00 bits per heavy atom. The predicted octanol–water partition coefficient (Wildman–Crippen LogP) is 3.76. The number of aromatic carboxylic acids is 1. The van der Waals surface area contributed by atoms with Crippen LogP contribution in [0, 0.1) is 6.92 Å². The van der Waals surface area contributed by atoms with Gasteiger partial charge in [-0.25, -0.2) is 9.78 Å². The summed E-state index contributed by atoms with van der Waals surface area (Å²) in [6.07, 6.45) is 1.09. The quantitative estimate of drug-likeness (QED) is 0.568. The molecule has 2 heterocycles. The van der Waals surface area contributed by atoms with E-state index < -0.39 is 11.9 Å². The molecule has 9 nitrogen and oxygen atoms in total. The summed E-state index contributed by atoms with van der Waals surface area (Å²) >= 11 is 0.869. The second-order valence-corrected chi connectivity index (χ2v) is 7.40. The highest BCUT2D eigenvalue weighted by Gasteiger charge is 2.15. The SMILES string of the molecule is Cc1cc(COc2cc(OC(C)C)cc(C(=O)Nc3ncc(C(=O)O)s3)c2)no1. The van der Waals surface area contributed by atoms with Crippen LogP contribution >= 0.6 is 11.3 Å². The van der Waals surface area contributed by atoms with Crippen molar-refractivity contribution >= 4 is 28.3 Å². The zero-order valence-electron chi connectivity index (χ0n) is 16.0. The summed E-state index contributed by atoms with van der Waals surface area (Å²) in [6.45, 7) is 5.69. The summed E-state index contributed by atoms with van der Waals surface area (Å²) in [5, 5.41) is 15.6. The summed E-state index contributed by atoms with van der Waals surface area (Å²) in [5.41, 5.74) is 0.897. The molecule has 1 aromatic carbocycles. The average Bonchev–Trinajstić information content (AvgIpc) is 3.28. The molecule has 1 amide bonds. The number of carbonyl (C=O) groups excluding carboxylic acids is 1. The van der Waals surface area contributed by atoms with Crippen molar-refractivity contribution in [1.29, 1.82) is 0 Å². The molecule has 2 aromatic heterocycles. The number of nitrogens with zero attached hydrogens (tertiary/aromatic N) is 2. The van der Waals surface area contributed by atoms with Crippen LogP contribution < -0.4 is 14.8 Å². The van der Waals surface area contributed by atoms with Crippen molar-refractivity contribution in [3.8, 4) is 11.5 Å². The number of amides is 1. The van der Waals surface area contributed by atoms with Gasteiger partial charge in [0.15, 0.2) is 5.13 Å². The third-order valence-corrected chi connectivity index (χ3v) is 4.42. The fraction of sp³-hybridized carbons (Fsp3) is 0.263. The molecule has 3 rings (SSSR count). The molecular formula is C19H19N3O6S. The molecule has 0 bridgehead atoms. The van der Waals surface area contributed by atoms with Crippen molar-refractivity contribution in [2.24, 2.45) is 0 Å². The van der Waals surface area contributed by atoms with Crippen LogP contribution in [-0.4, -0.2) is 33.2 Å². The summed E-state index contributed by atoms with van der Waals surface area (Å²) < 4.78 is 16.4. The largest absolute Gasteiger partial charge is 0.491 e. The lowest BCUT2D eigenvalue weighted by atomic mass is 10.2. The van der Waals surface area contributed by atoms with E-state index in [2.05, 4.69) is 15.5 Å². The number of thiazole rings is 1. The van der Waals surface area contributed by atoms with Gasteiger partial charge in [-0.15, -0.1) is 0 Å². The van der Waals surface area contributed by atoms with Gasteiger partial charge in [-0.1, -0.05) is 16.5 Å². The summed E-state index contributed by atoms with van der Waals surface area (Å²) in [6, 6.07) is 6.57. The van der Waals surface area contributed by atoms with E-state index in [1.165, 1.54) is 6.20 Å². The van der Waals surface area contributed by atoms with Gasteiger partial charge < -0.3 is 19.1 Å². The van der Waals surface area contributed by atoms with Crippen LogP contribution in [0.15, 0.2) is 35.0 Å². The molecule has 3 aromatic rings. The van der Waals surface area contributed by atoms with Crippen molar-refractivity contribution in [2.45, 2.75) is 33.5 Å². The number of rotatable bonds is 8. The van der Waals surface area contributed by atoms with Gasteiger partial charge in [0, 0.05) is 17.7 Å².